The number of carbonyl (C=O) groups is 1. The van der Waals surface area contributed by atoms with Gasteiger partial charge < -0.3 is 0 Å². The molecule has 0 bridgehead atoms. The van der Waals surface area contributed by atoms with E-state index in [4.69, 9.17) is 4.42 Å². The number of hydrogen-bond acceptors (Lipinski definition) is 2. The van der Waals surface area contributed by atoms with Crippen LogP contribution in [-0.4, -0.2) is 5.78 Å². The predicted octanol–water partition coefficient (Wildman–Crippen LogP) is 4.59. The number of hydrogen-bond donors (Lipinski definition) is 0. The topological polar surface area (TPSA) is 30.2 Å². The zero-order chi connectivity index (χ0) is 13.5. The molecular weight excluding hydrogens is 304 g/mol. The molecule has 1 aromatic heterocycles. The third-order valence-corrected chi connectivity index (χ3v) is 59.2. The number of ketones is 1. The molecule has 1 aromatic rings. The first kappa shape index (κ1) is 8.17. The second-order valence-electron chi connectivity index (χ2n) is 11.8. The van der Waals surface area contributed by atoms with Crippen LogP contribution in [0.2, 0.25) is 42.8 Å². The Morgan fingerprint density at radius 3 is 2.29 bits per heavy atom. The van der Waals surface area contributed by atoms with E-state index < -0.39 is 6.51 Å². The molecule has 0 saturated carbocycles. The Balaban J connectivity index is 1.55. The molecule has 0 amide bonds. The Hall–Kier alpha value is -0.791. The molecular formula is C18H16FeO2. The average Bonchev–Trinajstić information content (AvgIpc) is 3.39. The van der Waals surface area contributed by atoms with E-state index >= 15 is 0 Å². The van der Waals surface area contributed by atoms with Crippen LogP contribution in [0.15, 0.2) is 35.0 Å². The molecule has 2 nitrogen and oxygen atoms in total. The molecule has 5 unspecified atom stereocenters. The Labute approximate surface area is 112 Å². The summed E-state index contributed by atoms with van der Waals surface area (Å²) in [4.78, 5) is 22.2. The van der Waals surface area contributed by atoms with Crippen LogP contribution < -0.4 is 0 Å². The van der Waals surface area contributed by atoms with Crippen molar-refractivity contribution in [2.45, 2.75) is 54.1 Å². The summed E-state index contributed by atoms with van der Waals surface area (Å²) in [5.74, 6) is 1.80. The Bertz CT molecular complexity index is 1290. The molecule has 21 heavy (non-hydrogen) atoms. The first-order chi connectivity index (χ1) is 9.90. The molecule has 3 heteroatoms. The normalized spacial score (nSPS) is 102. The van der Waals surface area contributed by atoms with Crippen molar-refractivity contribution in [3.05, 3.63) is 36.3 Å². The third-order valence-electron chi connectivity index (χ3n) is 16.5. The summed E-state index contributed by atoms with van der Waals surface area (Å²) in [6, 6.07) is 4.31. The van der Waals surface area contributed by atoms with Gasteiger partial charge >= 0.3 is 112 Å². The van der Waals surface area contributed by atoms with Crippen molar-refractivity contribution in [1.29, 1.82) is 0 Å². The summed E-state index contributed by atoms with van der Waals surface area (Å²) in [7, 11) is 0. The van der Waals surface area contributed by atoms with Crippen LogP contribution in [0.5, 0.6) is 0 Å². The molecule has 11 rings (SSSR count). The number of allylic oxidation sites excluding steroid dienone is 1. The Kier molecular flexibility index (Phi) is 0.285. The van der Waals surface area contributed by atoms with Crippen LogP contribution in [-0.2, 0) is 15.6 Å². The van der Waals surface area contributed by atoms with Crippen LogP contribution in [0, 0.1) is 0 Å². The van der Waals surface area contributed by atoms with Crippen molar-refractivity contribution in [3.63, 3.8) is 0 Å². The van der Waals surface area contributed by atoms with Crippen LogP contribution in [0.25, 0.3) is 0 Å². The summed E-state index contributed by atoms with van der Waals surface area (Å²) >= 11 is 0. The van der Waals surface area contributed by atoms with Gasteiger partial charge in [-0.15, -0.1) is 0 Å². The first-order valence-electron chi connectivity index (χ1n) is 8.35. The number of rotatable bonds is 3. The third kappa shape index (κ3) is 0.0916. The quantitative estimate of drug-likeness (QED) is 0.602. The van der Waals surface area contributed by atoms with Gasteiger partial charge in [0.25, 0.3) is 0 Å². The second kappa shape index (κ2) is 0.733. The molecule has 10 aliphatic rings. The van der Waals surface area contributed by atoms with E-state index in [0.29, 0.717) is 10.1 Å². The number of carbonyl (C=O) groups excluding carboxylic acids is 1. The molecule has 0 aliphatic carbocycles. The molecule has 1 spiro atoms. The molecule has 5 atom stereocenters. The van der Waals surface area contributed by atoms with Gasteiger partial charge in [-0.05, 0) is 0 Å². The van der Waals surface area contributed by atoms with Crippen molar-refractivity contribution < 1.29 is 15.7 Å². The summed E-state index contributed by atoms with van der Waals surface area (Å²) in [6.45, 7) is 2.41. The van der Waals surface area contributed by atoms with E-state index in [2.05, 4.69) is 18.7 Å². The van der Waals surface area contributed by atoms with Gasteiger partial charge in [-0.25, -0.2) is 0 Å². The summed E-state index contributed by atoms with van der Waals surface area (Å²) in [5.41, 5.74) is 0.856. The van der Waals surface area contributed by atoms with E-state index in [-0.39, 0.29) is 4.31 Å². The van der Waals surface area contributed by atoms with Crippen molar-refractivity contribution in [2.75, 3.05) is 0 Å². The average molecular weight is 320 g/mol. The van der Waals surface area contributed by atoms with Gasteiger partial charge in [0.05, 0.1) is 0 Å². The van der Waals surface area contributed by atoms with Crippen LogP contribution in [0.1, 0.15) is 12.7 Å². The van der Waals surface area contributed by atoms with Crippen molar-refractivity contribution in [2.24, 2.45) is 0 Å². The summed E-state index contributed by atoms with van der Waals surface area (Å²) < 4.78 is 6.57. The summed E-state index contributed by atoms with van der Waals surface area (Å²) in [6.07, 6.45) is 1.86. The molecule has 0 aromatic carbocycles. The van der Waals surface area contributed by atoms with Crippen molar-refractivity contribution >= 4 is 5.78 Å². The van der Waals surface area contributed by atoms with E-state index in [0.717, 1.165) is 44.1 Å². The van der Waals surface area contributed by atoms with Gasteiger partial charge in [0, 0.05) is 0 Å². The van der Waals surface area contributed by atoms with Gasteiger partial charge in [0.15, 0.2) is 0 Å². The fourth-order valence-electron chi connectivity index (χ4n) is 18.7. The molecule has 10 saturated heterocycles. The fourth-order valence-corrected chi connectivity index (χ4v) is 94.2. The number of Topliss-reactive ketones (excluding diaryl/α,β-unsaturated/α-hetero) is 1. The zero-order valence-electron chi connectivity index (χ0n) is 11.7. The van der Waals surface area contributed by atoms with Crippen molar-refractivity contribution in [3.8, 4) is 0 Å². The maximum atomic E-state index is 13.5. The monoisotopic (exact) mass is 320 g/mol. The molecule has 10 aliphatic heterocycles. The van der Waals surface area contributed by atoms with Gasteiger partial charge in [-0.3, -0.25) is 0 Å². The molecule has 108 valence electrons. The second-order valence-corrected chi connectivity index (χ2v) is 35.0. The van der Waals surface area contributed by atoms with E-state index in [1.54, 1.807) is 0 Å². The van der Waals surface area contributed by atoms with E-state index in [9.17, 15) is 4.79 Å². The van der Waals surface area contributed by atoms with E-state index in [1.165, 1.54) is 5.76 Å². The minimum atomic E-state index is -3.67. The fraction of sp³-hybridized carbons (Fsp3) is 0.611. The van der Waals surface area contributed by atoms with Crippen LogP contribution >= 0.6 is 0 Å². The standard InChI is InChI=1S/C13H11O2.C5H5.Fe/c1-9(2)13(14)11-6-3-5-10(11)12-7-4-8-15-12;1-2-4-5-3-1;/h3-8H,1H2,2H3;1-5H;. The van der Waals surface area contributed by atoms with Gasteiger partial charge in [0.2, 0.25) is 0 Å². The maximum absolute atomic E-state index is 13.5. The number of fused-ring (bicyclic) bond motifs is 10. The van der Waals surface area contributed by atoms with Crippen LogP contribution in [0.3, 0.4) is 0 Å². The first-order valence-corrected chi connectivity index (χ1v) is 14.6. The summed E-state index contributed by atoms with van der Waals surface area (Å²) in [5, 5.41) is 0. The predicted molar refractivity (Wildman–Crippen MR) is 72.9 cm³/mol. The molecule has 0 radical (unpaired) electrons. The molecule has 0 N–H and O–H groups in total. The SMILES string of the molecule is C=C(C)C(=O)[C]12[CH]3[CH]4[CH]5[C]1(c1ccco1)[Fe]43521678[CH]2[CH]1[CH]6[CH]7[CH]28. The molecule has 11 heterocycles. The minimum absolute atomic E-state index is 0.162. The molecule has 10 fully saturated rings. The zero-order valence-corrected chi connectivity index (χ0v) is 12.8. The van der Waals surface area contributed by atoms with Gasteiger partial charge in [-0.2, -0.15) is 0 Å². The van der Waals surface area contributed by atoms with Gasteiger partial charge in [-0.1, -0.05) is 0 Å². The van der Waals surface area contributed by atoms with Crippen molar-refractivity contribution in [1.82, 2.24) is 0 Å². The number of furan rings is 1. The Morgan fingerprint density at radius 1 is 1.19 bits per heavy atom. The van der Waals surface area contributed by atoms with E-state index in [1.807, 2.05) is 13.2 Å². The Morgan fingerprint density at radius 2 is 1.86 bits per heavy atom. The van der Waals surface area contributed by atoms with Gasteiger partial charge in [0.1, 0.15) is 0 Å². The van der Waals surface area contributed by atoms with Crippen LogP contribution in [0.4, 0.5) is 0 Å².